The van der Waals surface area contributed by atoms with Gasteiger partial charge in [0.2, 0.25) is 5.91 Å². The molecule has 17 heavy (non-hydrogen) atoms. The molecule has 1 amide bonds. The zero-order valence-electron chi connectivity index (χ0n) is 10.7. The average molecular weight is 232 g/mol. The summed E-state index contributed by atoms with van der Waals surface area (Å²) in [7, 11) is 1.87. The number of rotatable bonds is 2. The van der Waals surface area contributed by atoms with E-state index in [1.54, 1.807) is 0 Å². The van der Waals surface area contributed by atoms with Crippen LogP contribution in [-0.2, 0) is 17.8 Å². The smallest absolute Gasteiger partial charge is 0.240 e. The number of amides is 1. The maximum atomic E-state index is 12.2. The molecule has 0 saturated carbocycles. The third-order valence-corrected chi connectivity index (χ3v) is 3.50. The van der Waals surface area contributed by atoms with Crippen molar-refractivity contribution in [3.05, 3.63) is 35.4 Å². The van der Waals surface area contributed by atoms with Gasteiger partial charge in [-0.25, -0.2) is 0 Å². The summed E-state index contributed by atoms with van der Waals surface area (Å²) >= 11 is 0. The van der Waals surface area contributed by atoms with Crippen molar-refractivity contribution >= 4 is 5.91 Å². The number of benzene rings is 1. The molecule has 1 aromatic carbocycles. The lowest BCUT2D eigenvalue weighted by Gasteiger charge is -2.30. The summed E-state index contributed by atoms with van der Waals surface area (Å²) in [6.45, 7) is 4.86. The van der Waals surface area contributed by atoms with Gasteiger partial charge in [-0.05, 0) is 31.4 Å². The SMILES string of the molecule is CC(C)N(C)C(=O)C1Cc2ccccc2CN1. The molecule has 92 valence electrons. The molecule has 0 aromatic heterocycles. The predicted molar refractivity (Wildman–Crippen MR) is 68.7 cm³/mol. The van der Waals surface area contributed by atoms with Crippen molar-refractivity contribution in [2.45, 2.75) is 38.9 Å². The average Bonchev–Trinajstić information content (AvgIpc) is 2.36. The van der Waals surface area contributed by atoms with Crippen LogP contribution < -0.4 is 5.32 Å². The number of hydrogen-bond donors (Lipinski definition) is 1. The first-order valence-electron chi connectivity index (χ1n) is 6.16. The Bertz CT molecular complexity index is 414. The van der Waals surface area contributed by atoms with E-state index in [1.807, 2.05) is 37.9 Å². The van der Waals surface area contributed by atoms with Crippen molar-refractivity contribution in [2.24, 2.45) is 0 Å². The Kier molecular flexibility index (Phi) is 3.48. The van der Waals surface area contributed by atoms with Crippen molar-refractivity contribution in [3.8, 4) is 0 Å². The fourth-order valence-corrected chi connectivity index (χ4v) is 2.13. The summed E-state index contributed by atoms with van der Waals surface area (Å²) < 4.78 is 0. The van der Waals surface area contributed by atoms with Crippen LogP contribution >= 0.6 is 0 Å². The maximum absolute atomic E-state index is 12.2. The van der Waals surface area contributed by atoms with Gasteiger partial charge in [0.1, 0.15) is 0 Å². The maximum Gasteiger partial charge on any atom is 0.240 e. The molecule has 1 aliphatic heterocycles. The molecule has 0 bridgehead atoms. The number of carbonyl (C=O) groups is 1. The lowest BCUT2D eigenvalue weighted by atomic mass is 9.95. The largest absolute Gasteiger partial charge is 0.342 e. The van der Waals surface area contributed by atoms with Gasteiger partial charge in [0.05, 0.1) is 6.04 Å². The Balaban J connectivity index is 2.10. The molecule has 2 rings (SSSR count). The fourth-order valence-electron chi connectivity index (χ4n) is 2.13. The molecule has 0 fully saturated rings. The summed E-state index contributed by atoms with van der Waals surface area (Å²) in [6, 6.07) is 8.50. The van der Waals surface area contributed by atoms with Gasteiger partial charge in [-0.1, -0.05) is 24.3 Å². The molecule has 1 unspecified atom stereocenters. The summed E-state index contributed by atoms with van der Waals surface area (Å²) in [5, 5.41) is 3.32. The molecular weight excluding hydrogens is 212 g/mol. The highest BCUT2D eigenvalue weighted by Crippen LogP contribution is 2.17. The molecule has 1 N–H and O–H groups in total. The molecule has 1 heterocycles. The minimum Gasteiger partial charge on any atom is -0.342 e. The van der Waals surface area contributed by atoms with E-state index in [4.69, 9.17) is 0 Å². The first kappa shape index (κ1) is 12.1. The highest BCUT2D eigenvalue weighted by Gasteiger charge is 2.26. The predicted octanol–water partition coefficient (Wildman–Crippen LogP) is 1.57. The molecule has 0 radical (unpaired) electrons. The second-order valence-electron chi connectivity index (χ2n) is 4.95. The monoisotopic (exact) mass is 232 g/mol. The van der Waals surface area contributed by atoms with Crippen LogP contribution in [0.4, 0.5) is 0 Å². The summed E-state index contributed by atoms with van der Waals surface area (Å²) in [6.07, 6.45) is 0.798. The van der Waals surface area contributed by atoms with Crippen molar-refractivity contribution < 1.29 is 4.79 Å². The van der Waals surface area contributed by atoms with Crippen LogP contribution in [0.3, 0.4) is 0 Å². The zero-order valence-corrected chi connectivity index (χ0v) is 10.7. The standard InChI is InChI=1S/C14H20N2O/c1-10(2)16(3)14(17)13-8-11-6-4-5-7-12(11)9-15-13/h4-7,10,13,15H,8-9H2,1-3H3. The van der Waals surface area contributed by atoms with E-state index < -0.39 is 0 Å². The Morgan fingerprint density at radius 3 is 2.65 bits per heavy atom. The van der Waals surface area contributed by atoms with E-state index >= 15 is 0 Å². The van der Waals surface area contributed by atoms with Gasteiger partial charge in [-0.3, -0.25) is 4.79 Å². The highest BCUT2D eigenvalue weighted by molar-refractivity contribution is 5.82. The molecule has 1 aliphatic rings. The quantitative estimate of drug-likeness (QED) is 0.839. The van der Waals surface area contributed by atoms with Crippen LogP contribution in [0.25, 0.3) is 0 Å². The van der Waals surface area contributed by atoms with Crippen LogP contribution in [0.2, 0.25) is 0 Å². The van der Waals surface area contributed by atoms with E-state index in [0.29, 0.717) is 0 Å². The second kappa shape index (κ2) is 4.88. The lowest BCUT2D eigenvalue weighted by Crippen LogP contribution is -2.50. The molecule has 1 aromatic rings. The van der Waals surface area contributed by atoms with Crippen molar-refractivity contribution in [1.29, 1.82) is 0 Å². The van der Waals surface area contributed by atoms with Gasteiger partial charge >= 0.3 is 0 Å². The van der Waals surface area contributed by atoms with Crippen molar-refractivity contribution in [1.82, 2.24) is 10.2 Å². The van der Waals surface area contributed by atoms with Crippen molar-refractivity contribution in [3.63, 3.8) is 0 Å². The van der Waals surface area contributed by atoms with E-state index in [0.717, 1.165) is 13.0 Å². The Morgan fingerprint density at radius 2 is 2.00 bits per heavy atom. The van der Waals surface area contributed by atoms with Crippen LogP contribution in [0.1, 0.15) is 25.0 Å². The number of carbonyl (C=O) groups excluding carboxylic acids is 1. The van der Waals surface area contributed by atoms with Crippen LogP contribution in [0.5, 0.6) is 0 Å². The van der Waals surface area contributed by atoms with Gasteiger partial charge in [0, 0.05) is 19.6 Å². The fraction of sp³-hybridized carbons (Fsp3) is 0.500. The number of likely N-dealkylation sites (N-methyl/N-ethyl adjacent to an activating group) is 1. The molecule has 3 heteroatoms. The number of hydrogen-bond acceptors (Lipinski definition) is 2. The first-order chi connectivity index (χ1) is 8.09. The Hall–Kier alpha value is -1.35. The van der Waals surface area contributed by atoms with E-state index in [-0.39, 0.29) is 18.0 Å². The highest BCUT2D eigenvalue weighted by atomic mass is 16.2. The van der Waals surface area contributed by atoms with Crippen LogP contribution in [0, 0.1) is 0 Å². The van der Waals surface area contributed by atoms with Gasteiger partial charge in [-0.2, -0.15) is 0 Å². The van der Waals surface area contributed by atoms with Crippen LogP contribution in [0.15, 0.2) is 24.3 Å². The number of fused-ring (bicyclic) bond motifs is 1. The number of nitrogens with one attached hydrogen (secondary N) is 1. The van der Waals surface area contributed by atoms with E-state index in [9.17, 15) is 4.79 Å². The van der Waals surface area contributed by atoms with Gasteiger partial charge in [-0.15, -0.1) is 0 Å². The molecular formula is C14H20N2O. The number of nitrogens with zero attached hydrogens (tertiary/aromatic N) is 1. The lowest BCUT2D eigenvalue weighted by molar-refractivity contribution is -0.133. The van der Waals surface area contributed by atoms with E-state index in [2.05, 4.69) is 17.4 Å². The minimum absolute atomic E-state index is 0.0719. The Morgan fingerprint density at radius 1 is 1.35 bits per heavy atom. The first-order valence-corrected chi connectivity index (χ1v) is 6.16. The summed E-state index contributed by atoms with van der Waals surface area (Å²) in [5.74, 6) is 0.189. The second-order valence-corrected chi connectivity index (χ2v) is 4.95. The Labute approximate surface area is 103 Å². The third-order valence-electron chi connectivity index (χ3n) is 3.50. The molecule has 3 nitrogen and oxygen atoms in total. The van der Waals surface area contributed by atoms with Crippen molar-refractivity contribution in [2.75, 3.05) is 7.05 Å². The van der Waals surface area contributed by atoms with Crippen LogP contribution in [-0.4, -0.2) is 29.9 Å². The van der Waals surface area contributed by atoms with Gasteiger partial charge in [0.25, 0.3) is 0 Å². The summed E-state index contributed by atoms with van der Waals surface area (Å²) in [4.78, 5) is 14.0. The third kappa shape index (κ3) is 2.50. The topological polar surface area (TPSA) is 32.3 Å². The van der Waals surface area contributed by atoms with Gasteiger partial charge < -0.3 is 10.2 Å². The molecule has 0 saturated heterocycles. The minimum atomic E-state index is -0.0719. The van der Waals surface area contributed by atoms with E-state index in [1.165, 1.54) is 11.1 Å². The zero-order chi connectivity index (χ0) is 12.4. The molecule has 1 atom stereocenters. The van der Waals surface area contributed by atoms with Gasteiger partial charge in [0.15, 0.2) is 0 Å². The molecule has 0 spiro atoms. The summed E-state index contributed by atoms with van der Waals surface area (Å²) in [5.41, 5.74) is 2.60. The normalized spacial score (nSPS) is 18.9. The molecule has 0 aliphatic carbocycles.